The van der Waals surface area contributed by atoms with E-state index < -0.39 is 0 Å². The highest BCUT2D eigenvalue weighted by molar-refractivity contribution is 5.72. The number of carbonyl (C=O) groups excluding carboxylic acids is 1. The van der Waals surface area contributed by atoms with E-state index in [1.54, 1.807) is 19.2 Å². The predicted octanol–water partition coefficient (Wildman–Crippen LogP) is 1.94. The normalized spacial score (nSPS) is 10.2. The standard InChI is InChI=1S/C15H15NO3/c1-2-19-15(18)10-12-8-9-14(17)16(11-12)13-6-4-3-5-7-13/h3-9,11H,2,10H2,1H3. The molecule has 98 valence electrons. The SMILES string of the molecule is CCOC(=O)Cc1ccc(=O)n(-c2ccccc2)c1. The van der Waals surface area contributed by atoms with Crippen molar-refractivity contribution in [2.75, 3.05) is 6.61 Å². The van der Waals surface area contributed by atoms with E-state index >= 15 is 0 Å². The van der Waals surface area contributed by atoms with Gasteiger partial charge < -0.3 is 4.74 Å². The summed E-state index contributed by atoms with van der Waals surface area (Å²) < 4.78 is 6.42. The van der Waals surface area contributed by atoms with E-state index in [-0.39, 0.29) is 17.9 Å². The fourth-order valence-corrected chi connectivity index (χ4v) is 1.80. The third-order valence-corrected chi connectivity index (χ3v) is 2.66. The van der Waals surface area contributed by atoms with Crippen LogP contribution in [-0.2, 0) is 16.0 Å². The molecule has 4 nitrogen and oxygen atoms in total. The minimum atomic E-state index is -0.291. The highest BCUT2D eigenvalue weighted by Crippen LogP contribution is 2.06. The Balaban J connectivity index is 2.30. The number of hydrogen-bond acceptors (Lipinski definition) is 3. The van der Waals surface area contributed by atoms with Gasteiger partial charge >= 0.3 is 5.97 Å². The molecule has 1 heterocycles. The number of hydrogen-bond donors (Lipinski definition) is 0. The van der Waals surface area contributed by atoms with Crippen molar-refractivity contribution in [1.29, 1.82) is 0 Å². The average Bonchev–Trinajstić information content (AvgIpc) is 2.42. The number of esters is 1. The van der Waals surface area contributed by atoms with E-state index in [0.717, 1.165) is 11.3 Å². The second-order valence-corrected chi connectivity index (χ2v) is 4.06. The van der Waals surface area contributed by atoms with Crippen molar-refractivity contribution in [2.24, 2.45) is 0 Å². The molecule has 2 rings (SSSR count). The first-order valence-corrected chi connectivity index (χ1v) is 6.13. The summed E-state index contributed by atoms with van der Waals surface area (Å²) in [7, 11) is 0. The van der Waals surface area contributed by atoms with Gasteiger partial charge in [0.1, 0.15) is 0 Å². The molecule has 1 aromatic carbocycles. The molecule has 0 atom stereocenters. The average molecular weight is 257 g/mol. The number of ether oxygens (including phenoxy) is 1. The van der Waals surface area contributed by atoms with Crippen molar-refractivity contribution in [2.45, 2.75) is 13.3 Å². The fraction of sp³-hybridized carbons (Fsp3) is 0.200. The number of para-hydroxylation sites is 1. The molecule has 0 saturated heterocycles. The van der Waals surface area contributed by atoms with Crippen molar-refractivity contribution in [3.8, 4) is 5.69 Å². The van der Waals surface area contributed by atoms with Gasteiger partial charge in [0.15, 0.2) is 0 Å². The Labute approximate surface area is 111 Å². The summed E-state index contributed by atoms with van der Waals surface area (Å²) in [6.45, 7) is 2.12. The maximum Gasteiger partial charge on any atom is 0.310 e. The number of aromatic nitrogens is 1. The Kier molecular flexibility index (Phi) is 4.13. The van der Waals surface area contributed by atoms with Crippen LogP contribution in [0, 0.1) is 0 Å². The Hall–Kier alpha value is -2.36. The number of benzene rings is 1. The second kappa shape index (κ2) is 6.00. The van der Waals surface area contributed by atoms with Crippen LogP contribution in [0.3, 0.4) is 0 Å². The zero-order valence-corrected chi connectivity index (χ0v) is 10.7. The van der Waals surface area contributed by atoms with E-state index in [2.05, 4.69) is 0 Å². The van der Waals surface area contributed by atoms with Crippen LogP contribution in [0.25, 0.3) is 5.69 Å². The molecule has 0 aliphatic heterocycles. The maximum atomic E-state index is 11.8. The summed E-state index contributed by atoms with van der Waals surface area (Å²) in [6, 6.07) is 12.4. The number of pyridine rings is 1. The van der Waals surface area contributed by atoms with Crippen LogP contribution in [-0.4, -0.2) is 17.1 Å². The lowest BCUT2D eigenvalue weighted by Gasteiger charge is -2.08. The van der Waals surface area contributed by atoms with Crippen molar-refractivity contribution < 1.29 is 9.53 Å². The number of nitrogens with zero attached hydrogens (tertiary/aromatic N) is 1. The van der Waals surface area contributed by atoms with Crippen molar-refractivity contribution >= 4 is 5.97 Å². The summed E-state index contributed by atoms with van der Waals surface area (Å²) in [5.41, 5.74) is 1.40. The van der Waals surface area contributed by atoms with Crippen LogP contribution in [0.1, 0.15) is 12.5 Å². The lowest BCUT2D eigenvalue weighted by atomic mass is 10.2. The van der Waals surface area contributed by atoms with Crippen LogP contribution in [0.5, 0.6) is 0 Å². The van der Waals surface area contributed by atoms with Crippen LogP contribution in [0.4, 0.5) is 0 Å². The molecule has 19 heavy (non-hydrogen) atoms. The molecule has 0 saturated carbocycles. The third kappa shape index (κ3) is 3.31. The molecule has 1 aromatic heterocycles. The zero-order valence-electron chi connectivity index (χ0n) is 10.7. The first kappa shape index (κ1) is 13.1. The van der Waals surface area contributed by atoms with E-state index in [9.17, 15) is 9.59 Å². The van der Waals surface area contributed by atoms with E-state index in [1.165, 1.54) is 10.6 Å². The van der Waals surface area contributed by atoms with E-state index in [1.807, 2.05) is 30.3 Å². The van der Waals surface area contributed by atoms with Gasteiger partial charge in [0.2, 0.25) is 0 Å². The Morgan fingerprint density at radius 1 is 1.16 bits per heavy atom. The molecule has 0 unspecified atom stereocenters. The van der Waals surface area contributed by atoms with Crippen molar-refractivity contribution in [3.05, 3.63) is 64.6 Å². The molecule has 4 heteroatoms. The second-order valence-electron chi connectivity index (χ2n) is 4.06. The van der Waals surface area contributed by atoms with Gasteiger partial charge in [0.25, 0.3) is 5.56 Å². The first-order valence-electron chi connectivity index (χ1n) is 6.13. The zero-order chi connectivity index (χ0) is 13.7. The molecule has 0 spiro atoms. The molecule has 0 N–H and O–H groups in total. The van der Waals surface area contributed by atoms with Gasteiger partial charge in [-0.3, -0.25) is 14.2 Å². The Morgan fingerprint density at radius 3 is 2.58 bits per heavy atom. The monoisotopic (exact) mass is 257 g/mol. The smallest absolute Gasteiger partial charge is 0.310 e. The van der Waals surface area contributed by atoms with Gasteiger partial charge in [0.05, 0.1) is 13.0 Å². The molecule has 0 aliphatic rings. The highest BCUT2D eigenvalue weighted by atomic mass is 16.5. The highest BCUT2D eigenvalue weighted by Gasteiger charge is 2.06. The molecular formula is C15H15NO3. The maximum absolute atomic E-state index is 11.8. The molecule has 0 bridgehead atoms. The number of carbonyl (C=O) groups is 1. The fourth-order valence-electron chi connectivity index (χ4n) is 1.80. The minimum absolute atomic E-state index is 0.126. The Bertz CT molecular complexity index is 617. The van der Waals surface area contributed by atoms with Crippen LogP contribution >= 0.6 is 0 Å². The quantitative estimate of drug-likeness (QED) is 0.786. The molecule has 0 radical (unpaired) electrons. The van der Waals surface area contributed by atoms with Crippen molar-refractivity contribution in [1.82, 2.24) is 4.57 Å². The Morgan fingerprint density at radius 2 is 1.89 bits per heavy atom. The molecular weight excluding hydrogens is 242 g/mol. The molecule has 0 aliphatic carbocycles. The van der Waals surface area contributed by atoms with Gasteiger partial charge in [-0.25, -0.2) is 0 Å². The first-order chi connectivity index (χ1) is 9.20. The summed E-state index contributed by atoms with van der Waals surface area (Å²) >= 11 is 0. The van der Waals surface area contributed by atoms with Gasteiger partial charge in [-0.1, -0.05) is 24.3 Å². The molecule has 2 aromatic rings. The topological polar surface area (TPSA) is 48.3 Å². The van der Waals surface area contributed by atoms with Crippen LogP contribution in [0.2, 0.25) is 0 Å². The van der Waals surface area contributed by atoms with Gasteiger partial charge in [-0.05, 0) is 24.6 Å². The lowest BCUT2D eigenvalue weighted by molar-refractivity contribution is -0.142. The summed E-state index contributed by atoms with van der Waals surface area (Å²) in [5.74, 6) is -0.291. The largest absolute Gasteiger partial charge is 0.466 e. The van der Waals surface area contributed by atoms with Crippen LogP contribution < -0.4 is 5.56 Å². The van der Waals surface area contributed by atoms with Crippen LogP contribution in [0.15, 0.2) is 53.5 Å². The lowest BCUT2D eigenvalue weighted by Crippen LogP contribution is -2.18. The number of rotatable bonds is 4. The van der Waals surface area contributed by atoms with Gasteiger partial charge in [-0.2, -0.15) is 0 Å². The van der Waals surface area contributed by atoms with Crippen molar-refractivity contribution in [3.63, 3.8) is 0 Å². The summed E-state index contributed by atoms with van der Waals surface area (Å²) in [6.07, 6.45) is 1.84. The van der Waals surface area contributed by atoms with E-state index in [4.69, 9.17) is 4.74 Å². The minimum Gasteiger partial charge on any atom is -0.466 e. The van der Waals surface area contributed by atoms with Gasteiger partial charge in [0, 0.05) is 18.0 Å². The summed E-state index contributed by atoms with van der Waals surface area (Å²) in [5, 5.41) is 0. The molecule has 0 amide bonds. The molecule has 0 fully saturated rings. The van der Waals surface area contributed by atoms with Gasteiger partial charge in [-0.15, -0.1) is 0 Å². The van der Waals surface area contributed by atoms with E-state index in [0.29, 0.717) is 6.61 Å². The predicted molar refractivity (Wildman–Crippen MR) is 72.4 cm³/mol. The third-order valence-electron chi connectivity index (χ3n) is 2.66. The summed E-state index contributed by atoms with van der Waals surface area (Å²) in [4.78, 5) is 23.3.